The van der Waals surface area contributed by atoms with Gasteiger partial charge < -0.3 is 15.4 Å². The van der Waals surface area contributed by atoms with Crippen molar-refractivity contribution in [1.29, 1.82) is 0 Å². The number of ether oxygens (including phenoxy) is 1. The van der Waals surface area contributed by atoms with E-state index >= 15 is 0 Å². The fourth-order valence-corrected chi connectivity index (χ4v) is 3.58. The molecule has 1 saturated heterocycles. The van der Waals surface area contributed by atoms with E-state index in [1.54, 1.807) is 0 Å². The number of fused-ring (bicyclic) bond motifs is 1. The molecule has 1 aliphatic heterocycles. The molecular formula is C24H26N2O2. The summed E-state index contributed by atoms with van der Waals surface area (Å²) in [5, 5.41) is 8.72. The molecule has 0 saturated carbocycles. The van der Waals surface area contributed by atoms with Gasteiger partial charge in [-0.1, -0.05) is 54.6 Å². The quantitative estimate of drug-likeness (QED) is 0.682. The molecule has 1 atom stereocenters. The van der Waals surface area contributed by atoms with Crippen LogP contribution in [0.25, 0.3) is 10.8 Å². The van der Waals surface area contributed by atoms with Crippen LogP contribution in [0.5, 0.6) is 0 Å². The molecule has 144 valence electrons. The van der Waals surface area contributed by atoms with Crippen LogP contribution in [-0.4, -0.2) is 25.1 Å². The lowest BCUT2D eigenvalue weighted by Gasteiger charge is -2.27. The fourth-order valence-electron chi connectivity index (χ4n) is 3.58. The summed E-state index contributed by atoms with van der Waals surface area (Å²) in [6.07, 6.45) is 0.282. The molecule has 4 heteroatoms. The molecule has 3 aromatic rings. The maximum Gasteiger partial charge on any atom is 0.252 e. The molecule has 1 unspecified atom stereocenters. The molecule has 0 spiro atoms. The van der Waals surface area contributed by atoms with Crippen molar-refractivity contribution in [2.24, 2.45) is 0 Å². The number of hydrogen-bond donors (Lipinski definition) is 2. The van der Waals surface area contributed by atoms with Gasteiger partial charge in [-0.25, -0.2) is 0 Å². The lowest BCUT2D eigenvalue weighted by atomic mass is 9.99. The lowest BCUT2D eigenvalue weighted by molar-refractivity contribution is 0.00756. The van der Waals surface area contributed by atoms with Crippen LogP contribution in [0.4, 0.5) is 0 Å². The fraction of sp³-hybridized carbons (Fsp3) is 0.292. The van der Waals surface area contributed by atoms with Crippen LogP contribution in [0.1, 0.15) is 40.0 Å². The Kier molecular flexibility index (Phi) is 5.42. The third-order valence-electron chi connectivity index (χ3n) is 5.41. The first-order chi connectivity index (χ1) is 13.6. The Hall–Kier alpha value is -2.69. The van der Waals surface area contributed by atoms with Crippen LogP contribution in [-0.2, 0) is 11.3 Å². The van der Waals surface area contributed by atoms with Crippen molar-refractivity contribution in [3.8, 4) is 0 Å². The average Bonchev–Trinajstić information content (AvgIpc) is 2.67. The van der Waals surface area contributed by atoms with Gasteiger partial charge in [-0.2, -0.15) is 0 Å². The molecule has 1 aliphatic rings. The van der Waals surface area contributed by atoms with Gasteiger partial charge in [-0.15, -0.1) is 0 Å². The Bertz CT molecular complexity index is 990. The molecule has 4 rings (SSSR count). The monoisotopic (exact) mass is 374 g/mol. The first-order valence-electron chi connectivity index (χ1n) is 9.82. The van der Waals surface area contributed by atoms with Crippen LogP contribution in [0.3, 0.4) is 0 Å². The molecule has 2 N–H and O–H groups in total. The Balaban J connectivity index is 1.50. The highest BCUT2D eigenvalue weighted by Gasteiger charge is 2.18. The van der Waals surface area contributed by atoms with E-state index in [0.717, 1.165) is 29.8 Å². The molecule has 3 aromatic carbocycles. The van der Waals surface area contributed by atoms with Crippen molar-refractivity contribution in [2.45, 2.75) is 32.6 Å². The largest absolute Gasteiger partial charge is 0.371 e. The lowest BCUT2D eigenvalue weighted by Crippen LogP contribution is -2.48. The Morgan fingerprint density at radius 3 is 2.71 bits per heavy atom. The number of amides is 1. The first-order valence-corrected chi connectivity index (χ1v) is 9.82. The van der Waals surface area contributed by atoms with E-state index < -0.39 is 0 Å². The van der Waals surface area contributed by atoms with Crippen LogP contribution in [0, 0.1) is 6.92 Å². The van der Waals surface area contributed by atoms with Crippen LogP contribution < -0.4 is 10.6 Å². The molecular weight excluding hydrogens is 348 g/mol. The summed E-state index contributed by atoms with van der Waals surface area (Å²) in [4.78, 5) is 13.0. The number of carbonyl (C=O) groups is 1. The van der Waals surface area contributed by atoms with Gasteiger partial charge in [0.05, 0.1) is 18.8 Å². The van der Waals surface area contributed by atoms with E-state index in [9.17, 15) is 4.79 Å². The normalized spacial score (nSPS) is 15.2. The minimum Gasteiger partial charge on any atom is -0.371 e. The maximum atomic E-state index is 13.0. The summed E-state index contributed by atoms with van der Waals surface area (Å²) < 4.78 is 5.84. The molecule has 0 aromatic heterocycles. The smallest absolute Gasteiger partial charge is 0.252 e. The van der Waals surface area contributed by atoms with Crippen LogP contribution in [0.15, 0.2) is 60.7 Å². The molecule has 0 bridgehead atoms. The van der Waals surface area contributed by atoms with Crippen molar-refractivity contribution in [2.75, 3.05) is 13.1 Å². The van der Waals surface area contributed by atoms with Crippen molar-refractivity contribution in [1.82, 2.24) is 10.6 Å². The molecule has 4 nitrogen and oxygen atoms in total. The highest BCUT2D eigenvalue weighted by Crippen LogP contribution is 2.24. The highest BCUT2D eigenvalue weighted by molar-refractivity contribution is 5.96. The maximum absolute atomic E-state index is 13.0. The summed E-state index contributed by atoms with van der Waals surface area (Å²) >= 11 is 0. The number of aryl methyl sites for hydroxylation is 1. The van der Waals surface area contributed by atoms with Crippen molar-refractivity contribution in [3.63, 3.8) is 0 Å². The predicted molar refractivity (Wildman–Crippen MR) is 112 cm³/mol. The van der Waals surface area contributed by atoms with Gasteiger partial charge in [0.2, 0.25) is 0 Å². The van der Waals surface area contributed by atoms with E-state index in [1.165, 1.54) is 10.8 Å². The third-order valence-corrected chi connectivity index (χ3v) is 5.41. The summed E-state index contributed by atoms with van der Waals surface area (Å²) in [5.41, 5.74) is 3.83. The number of rotatable bonds is 6. The van der Waals surface area contributed by atoms with Gasteiger partial charge in [0.15, 0.2) is 0 Å². The van der Waals surface area contributed by atoms with E-state index in [0.29, 0.717) is 12.2 Å². The zero-order valence-electron chi connectivity index (χ0n) is 16.4. The van der Waals surface area contributed by atoms with E-state index in [1.807, 2.05) is 50.2 Å². The summed E-state index contributed by atoms with van der Waals surface area (Å²) in [6, 6.07) is 20.4. The minimum atomic E-state index is -0.0843. The van der Waals surface area contributed by atoms with Gasteiger partial charge >= 0.3 is 0 Å². The van der Waals surface area contributed by atoms with Crippen LogP contribution in [0.2, 0.25) is 0 Å². The van der Waals surface area contributed by atoms with Gasteiger partial charge in [0.1, 0.15) is 0 Å². The van der Waals surface area contributed by atoms with Crippen molar-refractivity contribution in [3.05, 3.63) is 82.9 Å². The standard InChI is InChI=1S/C24H26N2O2/c1-16-10-11-18(15-28-20-13-25-14-20)12-23(16)24(27)26-17(2)21-9-5-7-19-6-3-4-8-22(19)21/h3-12,17,20,25H,13-15H2,1-2H3,(H,26,27). The van der Waals surface area contributed by atoms with Gasteiger partial charge in [0.25, 0.3) is 5.91 Å². The molecule has 1 amide bonds. The predicted octanol–water partition coefficient (Wildman–Crippen LogP) is 4.13. The Morgan fingerprint density at radius 2 is 1.93 bits per heavy atom. The number of nitrogens with one attached hydrogen (secondary N) is 2. The summed E-state index contributed by atoms with van der Waals surface area (Å²) in [6.45, 7) is 6.35. The first kappa shape index (κ1) is 18.7. The summed E-state index contributed by atoms with van der Waals surface area (Å²) in [5.74, 6) is -0.0508. The molecule has 1 heterocycles. The van der Waals surface area contributed by atoms with E-state index in [4.69, 9.17) is 4.74 Å². The van der Waals surface area contributed by atoms with Gasteiger partial charge in [0, 0.05) is 18.7 Å². The molecule has 28 heavy (non-hydrogen) atoms. The topological polar surface area (TPSA) is 50.4 Å². The number of carbonyl (C=O) groups excluding carboxylic acids is 1. The van der Waals surface area contributed by atoms with Gasteiger partial charge in [-0.05, 0) is 47.4 Å². The zero-order valence-corrected chi connectivity index (χ0v) is 16.4. The molecule has 1 fully saturated rings. The van der Waals surface area contributed by atoms with E-state index in [2.05, 4.69) is 34.9 Å². The second-order valence-corrected chi connectivity index (χ2v) is 7.50. The van der Waals surface area contributed by atoms with Crippen LogP contribution >= 0.6 is 0 Å². The Labute approximate surface area is 165 Å². The summed E-state index contributed by atoms with van der Waals surface area (Å²) in [7, 11) is 0. The van der Waals surface area contributed by atoms with E-state index in [-0.39, 0.29) is 18.1 Å². The number of benzene rings is 3. The van der Waals surface area contributed by atoms with Gasteiger partial charge in [-0.3, -0.25) is 4.79 Å². The zero-order chi connectivity index (χ0) is 19.5. The second-order valence-electron chi connectivity index (χ2n) is 7.50. The van der Waals surface area contributed by atoms with Crippen molar-refractivity contribution >= 4 is 16.7 Å². The Morgan fingerprint density at radius 1 is 1.14 bits per heavy atom. The highest BCUT2D eigenvalue weighted by atomic mass is 16.5. The minimum absolute atomic E-state index is 0.0508. The average molecular weight is 374 g/mol. The third kappa shape index (κ3) is 3.93. The number of hydrogen-bond acceptors (Lipinski definition) is 3. The van der Waals surface area contributed by atoms with Crippen molar-refractivity contribution < 1.29 is 9.53 Å². The molecule has 0 aliphatic carbocycles. The second kappa shape index (κ2) is 8.13. The molecule has 0 radical (unpaired) electrons. The SMILES string of the molecule is Cc1ccc(COC2CNC2)cc1C(=O)NC(C)c1cccc2ccccc12.